The van der Waals surface area contributed by atoms with Crippen LogP contribution in [0.2, 0.25) is 0 Å². The molecule has 0 bridgehead atoms. The normalized spacial score (nSPS) is 13.4. The monoisotopic (exact) mass is 258 g/mol. The molecular weight excluding hydrogens is 228 g/mol. The van der Waals surface area contributed by atoms with Gasteiger partial charge in [0.05, 0.1) is 12.5 Å². The highest BCUT2D eigenvalue weighted by Crippen LogP contribution is 2.19. The van der Waals surface area contributed by atoms with Gasteiger partial charge in [-0.25, -0.2) is 0 Å². The first-order chi connectivity index (χ1) is 8.42. The number of ether oxygens (including phenoxy) is 1. The summed E-state index contributed by atoms with van der Waals surface area (Å²) in [5, 5.41) is 2.99. The molecule has 0 aromatic carbocycles. The average Bonchev–Trinajstić information content (AvgIpc) is 2.27. The molecule has 1 atom stereocenters. The lowest BCUT2D eigenvalue weighted by Crippen LogP contribution is -2.37. The van der Waals surface area contributed by atoms with E-state index in [4.69, 9.17) is 10.5 Å². The van der Waals surface area contributed by atoms with E-state index in [9.17, 15) is 4.79 Å². The molecule has 0 rings (SSSR count). The summed E-state index contributed by atoms with van der Waals surface area (Å²) in [5.74, 6) is 1.69. The summed E-state index contributed by atoms with van der Waals surface area (Å²) < 4.78 is 5.38. The van der Waals surface area contributed by atoms with Crippen LogP contribution in [-0.4, -0.2) is 31.7 Å². The quantitative estimate of drug-likeness (QED) is 0.662. The van der Waals surface area contributed by atoms with Crippen LogP contribution in [0.25, 0.3) is 0 Å². The van der Waals surface area contributed by atoms with Crippen molar-refractivity contribution >= 4 is 5.91 Å². The smallest absolute Gasteiger partial charge is 0.222 e. The van der Waals surface area contributed by atoms with E-state index in [1.54, 1.807) is 0 Å². The zero-order valence-electron chi connectivity index (χ0n) is 12.5. The number of carbonyl (C=O) groups excluding carboxylic acids is 1. The number of carbonyl (C=O) groups is 1. The molecule has 4 heteroatoms. The molecule has 0 saturated heterocycles. The van der Waals surface area contributed by atoms with Gasteiger partial charge < -0.3 is 15.8 Å². The van der Waals surface area contributed by atoms with Crippen LogP contribution >= 0.6 is 0 Å². The summed E-state index contributed by atoms with van der Waals surface area (Å²) in [6.45, 7) is 12.4. The first kappa shape index (κ1) is 17.4. The maximum absolute atomic E-state index is 11.8. The molecule has 3 N–H and O–H groups in total. The minimum Gasteiger partial charge on any atom is -0.377 e. The number of nitrogens with one attached hydrogen (secondary N) is 1. The molecule has 1 unspecified atom stereocenters. The number of nitrogens with two attached hydrogens (primary N) is 1. The molecule has 0 fully saturated rings. The van der Waals surface area contributed by atoms with Crippen LogP contribution < -0.4 is 11.1 Å². The summed E-state index contributed by atoms with van der Waals surface area (Å²) in [4.78, 5) is 11.8. The van der Waals surface area contributed by atoms with E-state index in [1.165, 1.54) is 0 Å². The molecule has 0 aliphatic rings. The van der Waals surface area contributed by atoms with E-state index in [2.05, 4.69) is 33.0 Å². The maximum atomic E-state index is 11.8. The van der Waals surface area contributed by atoms with Crippen LogP contribution in [0.3, 0.4) is 0 Å². The van der Waals surface area contributed by atoms with Gasteiger partial charge in [0.15, 0.2) is 0 Å². The third kappa shape index (κ3) is 6.97. The van der Waals surface area contributed by atoms with Gasteiger partial charge in [-0.05, 0) is 24.7 Å². The Hall–Kier alpha value is -0.610. The summed E-state index contributed by atoms with van der Waals surface area (Å²) in [7, 11) is 0. The Morgan fingerprint density at radius 2 is 1.78 bits per heavy atom. The molecule has 0 saturated carbocycles. The number of rotatable bonds is 9. The number of hydrogen-bond acceptors (Lipinski definition) is 3. The van der Waals surface area contributed by atoms with Crippen LogP contribution in [0, 0.1) is 17.8 Å². The zero-order valence-corrected chi connectivity index (χ0v) is 12.5. The summed E-state index contributed by atoms with van der Waals surface area (Å²) >= 11 is 0. The predicted octanol–water partition coefficient (Wildman–Crippen LogP) is 1.78. The van der Waals surface area contributed by atoms with Gasteiger partial charge in [0.1, 0.15) is 0 Å². The van der Waals surface area contributed by atoms with Crippen LogP contribution in [0.15, 0.2) is 0 Å². The van der Waals surface area contributed by atoms with E-state index in [-0.39, 0.29) is 12.0 Å². The lowest BCUT2D eigenvalue weighted by molar-refractivity contribution is -0.124. The number of amides is 1. The Kier molecular flexibility index (Phi) is 9.02. The second-order valence-electron chi connectivity index (χ2n) is 5.47. The van der Waals surface area contributed by atoms with Crippen molar-refractivity contribution in [3.63, 3.8) is 0 Å². The highest BCUT2D eigenvalue weighted by Gasteiger charge is 2.19. The Balaban J connectivity index is 4.07. The second kappa shape index (κ2) is 9.34. The van der Waals surface area contributed by atoms with Crippen LogP contribution in [0.1, 0.15) is 41.0 Å². The molecule has 0 aliphatic heterocycles. The van der Waals surface area contributed by atoms with Crippen molar-refractivity contribution in [3.8, 4) is 0 Å². The first-order valence-corrected chi connectivity index (χ1v) is 7.00. The average molecular weight is 258 g/mol. The molecule has 0 radical (unpaired) electrons. The van der Waals surface area contributed by atoms with Gasteiger partial charge in [0.2, 0.25) is 5.91 Å². The molecule has 1 amide bonds. The Morgan fingerprint density at radius 1 is 1.22 bits per heavy atom. The molecule has 108 valence electrons. The van der Waals surface area contributed by atoms with Gasteiger partial charge in [-0.1, -0.05) is 27.7 Å². The summed E-state index contributed by atoms with van der Waals surface area (Å²) in [5.41, 5.74) is 5.55. The fourth-order valence-electron chi connectivity index (χ4n) is 2.20. The van der Waals surface area contributed by atoms with Crippen molar-refractivity contribution in [1.29, 1.82) is 0 Å². The fourth-order valence-corrected chi connectivity index (χ4v) is 2.20. The van der Waals surface area contributed by atoms with Crippen molar-refractivity contribution in [1.82, 2.24) is 5.32 Å². The van der Waals surface area contributed by atoms with Crippen LogP contribution in [0.5, 0.6) is 0 Å². The maximum Gasteiger partial charge on any atom is 0.222 e. The van der Waals surface area contributed by atoms with Crippen molar-refractivity contribution in [2.45, 2.75) is 47.1 Å². The summed E-state index contributed by atoms with van der Waals surface area (Å²) in [6.07, 6.45) is 0.194. The van der Waals surface area contributed by atoms with Gasteiger partial charge in [0, 0.05) is 19.7 Å². The molecule has 0 spiro atoms. The van der Waals surface area contributed by atoms with Crippen LogP contribution in [0.4, 0.5) is 0 Å². The Labute approximate surface area is 112 Å². The topological polar surface area (TPSA) is 64.3 Å². The second-order valence-corrected chi connectivity index (χ2v) is 5.47. The largest absolute Gasteiger partial charge is 0.377 e. The Bertz CT molecular complexity index is 222. The molecule has 18 heavy (non-hydrogen) atoms. The highest BCUT2D eigenvalue weighted by molar-refractivity contribution is 5.76. The minimum absolute atomic E-state index is 0.0326. The third-order valence-corrected chi connectivity index (χ3v) is 3.33. The van der Waals surface area contributed by atoms with Crippen molar-refractivity contribution in [2.75, 3.05) is 19.7 Å². The van der Waals surface area contributed by atoms with Gasteiger partial charge in [-0.2, -0.15) is 0 Å². The SMILES string of the molecule is CCOC(CN)CC(=O)NCC(C(C)C)C(C)C. The predicted molar refractivity (Wildman–Crippen MR) is 75.3 cm³/mol. The minimum atomic E-state index is -0.161. The fraction of sp³-hybridized carbons (Fsp3) is 0.929. The Morgan fingerprint density at radius 3 is 2.17 bits per heavy atom. The molecule has 0 aromatic rings. The zero-order chi connectivity index (χ0) is 14.1. The van der Waals surface area contributed by atoms with Crippen molar-refractivity contribution in [2.24, 2.45) is 23.5 Å². The van der Waals surface area contributed by atoms with Crippen LogP contribution in [-0.2, 0) is 9.53 Å². The van der Waals surface area contributed by atoms with Gasteiger partial charge in [-0.15, -0.1) is 0 Å². The van der Waals surface area contributed by atoms with Gasteiger partial charge in [0.25, 0.3) is 0 Å². The highest BCUT2D eigenvalue weighted by atomic mass is 16.5. The summed E-state index contributed by atoms with van der Waals surface area (Å²) in [6, 6.07) is 0. The molecular formula is C14H30N2O2. The molecule has 4 nitrogen and oxygen atoms in total. The van der Waals surface area contributed by atoms with Gasteiger partial charge in [-0.3, -0.25) is 4.79 Å². The van der Waals surface area contributed by atoms with E-state index in [0.717, 1.165) is 6.54 Å². The van der Waals surface area contributed by atoms with E-state index in [1.807, 2.05) is 6.92 Å². The lowest BCUT2D eigenvalue weighted by atomic mass is 9.85. The van der Waals surface area contributed by atoms with E-state index >= 15 is 0 Å². The van der Waals surface area contributed by atoms with E-state index < -0.39 is 0 Å². The molecule has 0 heterocycles. The van der Waals surface area contributed by atoms with E-state index in [0.29, 0.717) is 37.3 Å². The lowest BCUT2D eigenvalue weighted by Gasteiger charge is -2.25. The van der Waals surface area contributed by atoms with Crippen molar-refractivity contribution in [3.05, 3.63) is 0 Å². The van der Waals surface area contributed by atoms with Crippen molar-refractivity contribution < 1.29 is 9.53 Å². The standard InChI is InChI=1S/C14H30N2O2/c1-6-18-12(8-15)7-14(17)16-9-13(10(2)3)11(4)5/h10-13H,6-9,15H2,1-5H3,(H,16,17). The molecule has 0 aliphatic carbocycles. The first-order valence-electron chi connectivity index (χ1n) is 7.00. The van der Waals surface area contributed by atoms with Gasteiger partial charge >= 0.3 is 0 Å². The molecule has 0 aromatic heterocycles. The number of hydrogen-bond donors (Lipinski definition) is 2. The third-order valence-electron chi connectivity index (χ3n) is 3.33.